The van der Waals surface area contributed by atoms with Gasteiger partial charge in [-0.1, -0.05) is 18.3 Å². The molecule has 2 nitrogen and oxygen atoms in total. The zero-order valence-corrected chi connectivity index (χ0v) is 10.1. The van der Waals surface area contributed by atoms with Gasteiger partial charge in [0.2, 0.25) is 0 Å². The van der Waals surface area contributed by atoms with Gasteiger partial charge in [0, 0.05) is 0 Å². The fourth-order valence-electron chi connectivity index (χ4n) is 2.24. The van der Waals surface area contributed by atoms with E-state index in [0.29, 0.717) is 10.6 Å². The first-order valence-corrected chi connectivity index (χ1v) is 5.99. The molecule has 1 unspecified atom stereocenters. The van der Waals surface area contributed by atoms with Crippen LogP contribution in [0.15, 0.2) is 18.2 Å². The second kappa shape index (κ2) is 5.06. The topological polar surface area (TPSA) is 29.3 Å². The van der Waals surface area contributed by atoms with E-state index in [1.165, 1.54) is 6.07 Å². The number of nitrogens with two attached hydrogens (primary N) is 1. The van der Waals surface area contributed by atoms with Crippen molar-refractivity contribution in [3.05, 3.63) is 35.4 Å². The molecule has 92 valence electrons. The summed E-state index contributed by atoms with van der Waals surface area (Å²) in [7, 11) is 0. The van der Waals surface area contributed by atoms with Crippen molar-refractivity contribution >= 4 is 17.2 Å². The Morgan fingerprint density at radius 2 is 1.88 bits per heavy atom. The highest BCUT2D eigenvalue weighted by molar-refractivity contribution is 7.80. The van der Waals surface area contributed by atoms with Crippen molar-refractivity contribution in [1.29, 1.82) is 0 Å². The van der Waals surface area contributed by atoms with Crippen LogP contribution in [-0.4, -0.2) is 23.0 Å². The number of nitrogens with zero attached hydrogens (tertiary/aromatic N) is 1. The Kier molecular flexibility index (Phi) is 3.69. The summed E-state index contributed by atoms with van der Waals surface area (Å²) < 4.78 is 26.1. The van der Waals surface area contributed by atoms with Crippen molar-refractivity contribution in [3.8, 4) is 0 Å². The zero-order valence-electron chi connectivity index (χ0n) is 9.33. The van der Waals surface area contributed by atoms with Gasteiger partial charge in [-0.05, 0) is 43.6 Å². The summed E-state index contributed by atoms with van der Waals surface area (Å²) >= 11 is 5.03. The first kappa shape index (κ1) is 12.4. The monoisotopic (exact) mass is 256 g/mol. The lowest BCUT2D eigenvalue weighted by Gasteiger charge is -2.26. The molecule has 0 aromatic heterocycles. The van der Waals surface area contributed by atoms with Crippen LogP contribution in [0.2, 0.25) is 0 Å². The molecule has 0 amide bonds. The molecule has 2 N–H and O–H groups in total. The van der Waals surface area contributed by atoms with Gasteiger partial charge in [-0.25, -0.2) is 8.78 Å². The second-order valence-electron chi connectivity index (χ2n) is 4.22. The summed E-state index contributed by atoms with van der Waals surface area (Å²) in [5, 5.41) is 0. The van der Waals surface area contributed by atoms with Gasteiger partial charge in [0.1, 0.15) is 0 Å². The maximum Gasteiger partial charge on any atom is 0.159 e. The van der Waals surface area contributed by atoms with Gasteiger partial charge in [0.25, 0.3) is 0 Å². The van der Waals surface area contributed by atoms with Gasteiger partial charge >= 0.3 is 0 Å². The van der Waals surface area contributed by atoms with Crippen LogP contribution in [0.4, 0.5) is 8.78 Å². The number of rotatable bonds is 3. The van der Waals surface area contributed by atoms with Crippen molar-refractivity contribution in [1.82, 2.24) is 4.90 Å². The molecule has 1 aliphatic rings. The number of benzene rings is 1. The van der Waals surface area contributed by atoms with Crippen molar-refractivity contribution in [2.75, 3.05) is 13.1 Å². The normalized spacial score (nSPS) is 18.2. The van der Waals surface area contributed by atoms with E-state index in [0.717, 1.165) is 32.0 Å². The van der Waals surface area contributed by atoms with Crippen LogP contribution < -0.4 is 5.73 Å². The summed E-state index contributed by atoms with van der Waals surface area (Å²) in [5.74, 6) is -1.71. The molecule has 2 rings (SSSR count). The smallest absolute Gasteiger partial charge is 0.159 e. The number of hydrogen-bond acceptors (Lipinski definition) is 2. The van der Waals surface area contributed by atoms with E-state index in [1.54, 1.807) is 6.07 Å². The molecular formula is C12H14F2N2S. The molecule has 0 saturated carbocycles. The van der Waals surface area contributed by atoms with E-state index in [2.05, 4.69) is 4.90 Å². The summed E-state index contributed by atoms with van der Waals surface area (Å²) in [6.07, 6.45) is 2.17. The summed E-state index contributed by atoms with van der Waals surface area (Å²) in [4.78, 5) is 2.41. The zero-order chi connectivity index (χ0) is 12.4. The lowest BCUT2D eigenvalue weighted by Crippen LogP contribution is -2.35. The molecule has 1 aromatic carbocycles. The molecule has 0 bridgehead atoms. The fourth-order valence-corrected chi connectivity index (χ4v) is 2.52. The maximum absolute atomic E-state index is 13.2. The highest BCUT2D eigenvalue weighted by Crippen LogP contribution is 2.26. The predicted molar refractivity (Wildman–Crippen MR) is 66.7 cm³/mol. The Morgan fingerprint density at radius 3 is 2.41 bits per heavy atom. The van der Waals surface area contributed by atoms with E-state index in [9.17, 15) is 8.78 Å². The Bertz CT molecular complexity index is 431. The molecule has 17 heavy (non-hydrogen) atoms. The molecule has 1 aliphatic heterocycles. The highest BCUT2D eigenvalue weighted by Gasteiger charge is 2.26. The molecule has 1 atom stereocenters. The molecule has 1 fully saturated rings. The van der Waals surface area contributed by atoms with Crippen molar-refractivity contribution in [3.63, 3.8) is 0 Å². The van der Waals surface area contributed by atoms with Gasteiger partial charge in [0.05, 0.1) is 11.0 Å². The minimum Gasteiger partial charge on any atom is -0.392 e. The van der Waals surface area contributed by atoms with Gasteiger partial charge in [0.15, 0.2) is 11.6 Å². The Labute approximate surface area is 104 Å². The van der Waals surface area contributed by atoms with Crippen LogP contribution in [0.25, 0.3) is 0 Å². The Balaban J connectivity index is 2.31. The molecular weight excluding hydrogens is 242 g/mol. The lowest BCUT2D eigenvalue weighted by atomic mass is 10.1. The lowest BCUT2D eigenvalue weighted by molar-refractivity contribution is 0.304. The standard InChI is InChI=1S/C12H14F2N2S/c13-9-4-3-8(7-10(9)14)11(12(15)17)16-5-1-2-6-16/h3-4,7,11H,1-2,5-6H2,(H2,15,17). The molecule has 1 aromatic rings. The SMILES string of the molecule is NC(=S)C(c1ccc(F)c(F)c1)N1CCCC1. The maximum atomic E-state index is 13.2. The van der Waals surface area contributed by atoms with E-state index >= 15 is 0 Å². The summed E-state index contributed by atoms with van der Waals surface area (Å²) in [6, 6.07) is 3.55. The quantitative estimate of drug-likeness (QED) is 0.842. The predicted octanol–water partition coefficient (Wildman–Crippen LogP) is 2.39. The Morgan fingerprint density at radius 1 is 1.24 bits per heavy atom. The molecule has 1 saturated heterocycles. The number of halogens is 2. The molecule has 0 spiro atoms. The molecule has 1 heterocycles. The number of hydrogen-bond donors (Lipinski definition) is 1. The van der Waals surface area contributed by atoms with E-state index < -0.39 is 11.6 Å². The third-order valence-electron chi connectivity index (χ3n) is 3.03. The van der Waals surface area contributed by atoms with Crippen molar-refractivity contribution in [2.24, 2.45) is 5.73 Å². The first-order chi connectivity index (χ1) is 8.09. The average Bonchev–Trinajstić information content (AvgIpc) is 2.76. The summed E-state index contributed by atoms with van der Waals surface area (Å²) in [5.41, 5.74) is 6.33. The third-order valence-corrected chi connectivity index (χ3v) is 3.26. The Hall–Kier alpha value is -1.07. The van der Waals surface area contributed by atoms with E-state index in [4.69, 9.17) is 18.0 Å². The van der Waals surface area contributed by atoms with Crippen LogP contribution in [0.5, 0.6) is 0 Å². The van der Waals surface area contributed by atoms with E-state index in [-0.39, 0.29) is 6.04 Å². The van der Waals surface area contributed by atoms with Crippen LogP contribution in [-0.2, 0) is 0 Å². The minimum absolute atomic E-state index is 0.289. The second-order valence-corrected chi connectivity index (χ2v) is 4.69. The highest BCUT2D eigenvalue weighted by atomic mass is 32.1. The number of likely N-dealkylation sites (tertiary alicyclic amines) is 1. The van der Waals surface area contributed by atoms with Gasteiger partial charge in [-0.2, -0.15) is 0 Å². The van der Waals surface area contributed by atoms with Gasteiger partial charge < -0.3 is 5.73 Å². The van der Waals surface area contributed by atoms with Crippen molar-refractivity contribution in [2.45, 2.75) is 18.9 Å². The minimum atomic E-state index is -0.858. The number of thiocarbonyl (C=S) groups is 1. The summed E-state index contributed by atoms with van der Waals surface area (Å²) in [6.45, 7) is 1.78. The van der Waals surface area contributed by atoms with Crippen LogP contribution in [0.3, 0.4) is 0 Å². The van der Waals surface area contributed by atoms with Gasteiger partial charge in [-0.3, -0.25) is 4.90 Å². The van der Waals surface area contributed by atoms with Gasteiger partial charge in [-0.15, -0.1) is 0 Å². The molecule has 0 radical (unpaired) electrons. The van der Waals surface area contributed by atoms with Crippen molar-refractivity contribution < 1.29 is 8.78 Å². The average molecular weight is 256 g/mol. The largest absolute Gasteiger partial charge is 0.392 e. The van der Waals surface area contributed by atoms with Crippen LogP contribution in [0, 0.1) is 11.6 Å². The molecule has 5 heteroatoms. The van der Waals surface area contributed by atoms with Crippen LogP contribution >= 0.6 is 12.2 Å². The van der Waals surface area contributed by atoms with E-state index in [1.807, 2.05) is 0 Å². The fraction of sp³-hybridized carbons (Fsp3) is 0.417. The molecule has 0 aliphatic carbocycles. The third kappa shape index (κ3) is 2.61. The first-order valence-electron chi connectivity index (χ1n) is 5.58. The van der Waals surface area contributed by atoms with Crippen LogP contribution in [0.1, 0.15) is 24.4 Å².